The second-order valence-corrected chi connectivity index (χ2v) is 6.01. The zero-order valence-electron chi connectivity index (χ0n) is 14.9. The highest BCUT2D eigenvalue weighted by atomic mass is 16.5. The van der Waals surface area contributed by atoms with Crippen molar-refractivity contribution in [1.29, 1.82) is 0 Å². The third kappa shape index (κ3) is 3.94. The predicted molar refractivity (Wildman–Crippen MR) is 104 cm³/mol. The highest BCUT2D eigenvalue weighted by molar-refractivity contribution is 5.94. The average molecular weight is 349 g/mol. The van der Waals surface area contributed by atoms with Crippen LogP contribution in [0, 0.1) is 0 Å². The fourth-order valence-corrected chi connectivity index (χ4v) is 2.96. The Morgan fingerprint density at radius 3 is 2.92 bits per heavy atom. The Hall–Kier alpha value is -3.08. The van der Waals surface area contributed by atoms with Crippen molar-refractivity contribution in [1.82, 2.24) is 14.9 Å². The van der Waals surface area contributed by atoms with Gasteiger partial charge in [0.05, 0.1) is 18.1 Å². The maximum atomic E-state index is 12.2. The van der Waals surface area contributed by atoms with Gasteiger partial charge >= 0.3 is 0 Å². The molecule has 0 spiro atoms. The van der Waals surface area contributed by atoms with Crippen LogP contribution in [-0.2, 0) is 13.0 Å². The number of nitrogens with one attached hydrogen (secondary N) is 1. The summed E-state index contributed by atoms with van der Waals surface area (Å²) in [5.74, 6) is 1.60. The molecule has 0 saturated heterocycles. The van der Waals surface area contributed by atoms with E-state index >= 15 is 0 Å². The van der Waals surface area contributed by atoms with Gasteiger partial charge in [0.2, 0.25) is 0 Å². The molecule has 26 heavy (non-hydrogen) atoms. The van der Waals surface area contributed by atoms with Gasteiger partial charge in [-0.1, -0.05) is 24.3 Å². The van der Waals surface area contributed by atoms with Crippen molar-refractivity contribution < 1.29 is 9.53 Å². The number of hydrogen-bond donors (Lipinski definition) is 1. The van der Waals surface area contributed by atoms with Crippen molar-refractivity contribution in [2.24, 2.45) is 0 Å². The van der Waals surface area contributed by atoms with E-state index in [1.165, 1.54) is 0 Å². The summed E-state index contributed by atoms with van der Waals surface area (Å²) >= 11 is 0. The van der Waals surface area contributed by atoms with Crippen molar-refractivity contribution in [3.8, 4) is 5.75 Å². The highest BCUT2D eigenvalue weighted by Crippen LogP contribution is 2.17. The molecule has 0 bridgehead atoms. The van der Waals surface area contributed by atoms with Crippen LogP contribution in [0.2, 0.25) is 0 Å². The molecule has 3 rings (SSSR count). The van der Waals surface area contributed by atoms with Gasteiger partial charge in [-0.25, -0.2) is 4.98 Å². The van der Waals surface area contributed by atoms with Crippen molar-refractivity contribution in [3.63, 3.8) is 0 Å². The normalized spacial score (nSPS) is 10.7. The number of imidazole rings is 1. The number of benzene rings is 2. The number of amides is 1. The van der Waals surface area contributed by atoms with E-state index < -0.39 is 0 Å². The molecular weight excluding hydrogens is 326 g/mol. The standard InChI is InChI=1S/C21H23N3O2/c1-3-14-24-19-11-5-4-10-18(19)23-20(24)12-7-13-22-21(25)16-8-6-9-17(15-16)26-2/h3-6,8-11,15H,1,7,12-14H2,2H3,(H,22,25). The number of nitrogens with zero attached hydrogens (tertiary/aromatic N) is 2. The van der Waals surface area contributed by atoms with Crippen LogP contribution < -0.4 is 10.1 Å². The van der Waals surface area contributed by atoms with Crippen LogP contribution in [0.1, 0.15) is 22.6 Å². The average Bonchev–Trinajstić information content (AvgIpc) is 3.03. The molecule has 3 aromatic rings. The van der Waals surface area contributed by atoms with Crippen LogP contribution in [0.3, 0.4) is 0 Å². The molecule has 0 saturated carbocycles. The molecule has 0 unspecified atom stereocenters. The van der Waals surface area contributed by atoms with E-state index in [-0.39, 0.29) is 5.91 Å². The van der Waals surface area contributed by atoms with Crippen LogP contribution in [0.4, 0.5) is 0 Å². The molecule has 1 N–H and O–H groups in total. The smallest absolute Gasteiger partial charge is 0.251 e. The number of hydrogen-bond acceptors (Lipinski definition) is 3. The maximum absolute atomic E-state index is 12.2. The van der Waals surface area contributed by atoms with E-state index in [1.807, 2.05) is 36.4 Å². The second-order valence-electron chi connectivity index (χ2n) is 6.01. The molecule has 1 amide bonds. The lowest BCUT2D eigenvalue weighted by molar-refractivity contribution is 0.0953. The number of rotatable bonds is 8. The fraction of sp³-hybridized carbons (Fsp3) is 0.238. The molecule has 1 aromatic heterocycles. The van der Waals surface area contributed by atoms with E-state index in [0.717, 1.165) is 36.2 Å². The largest absolute Gasteiger partial charge is 0.497 e. The van der Waals surface area contributed by atoms with Gasteiger partial charge in [0.15, 0.2) is 0 Å². The zero-order chi connectivity index (χ0) is 18.4. The maximum Gasteiger partial charge on any atom is 0.251 e. The lowest BCUT2D eigenvalue weighted by Gasteiger charge is -2.08. The first-order valence-electron chi connectivity index (χ1n) is 8.70. The molecule has 1 heterocycles. The lowest BCUT2D eigenvalue weighted by atomic mass is 10.2. The SMILES string of the molecule is C=CCn1c(CCCNC(=O)c2cccc(OC)c2)nc2ccccc21. The van der Waals surface area contributed by atoms with Gasteiger partial charge in [-0.15, -0.1) is 6.58 Å². The highest BCUT2D eigenvalue weighted by Gasteiger charge is 2.10. The minimum atomic E-state index is -0.0940. The summed E-state index contributed by atoms with van der Waals surface area (Å²) in [6, 6.07) is 15.2. The molecule has 0 aliphatic carbocycles. The molecule has 5 heteroatoms. The Morgan fingerprint density at radius 2 is 2.12 bits per heavy atom. The lowest BCUT2D eigenvalue weighted by Crippen LogP contribution is -2.25. The first-order valence-corrected chi connectivity index (χ1v) is 8.70. The van der Waals surface area contributed by atoms with E-state index in [0.29, 0.717) is 17.9 Å². The number of para-hydroxylation sites is 2. The predicted octanol–water partition coefficient (Wildman–Crippen LogP) is 3.59. The Kier molecular flexibility index (Phi) is 5.69. The van der Waals surface area contributed by atoms with Gasteiger partial charge in [0.25, 0.3) is 5.91 Å². The van der Waals surface area contributed by atoms with E-state index in [1.54, 1.807) is 19.2 Å². The summed E-state index contributed by atoms with van der Waals surface area (Å²) in [7, 11) is 1.59. The van der Waals surface area contributed by atoms with E-state index in [2.05, 4.69) is 22.5 Å². The van der Waals surface area contributed by atoms with Gasteiger partial charge in [0, 0.05) is 25.1 Å². The number of aryl methyl sites for hydroxylation is 1. The molecule has 0 aliphatic heterocycles. The van der Waals surface area contributed by atoms with Gasteiger partial charge in [0.1, 0.15) is 11.6 Å². The van der Waals surface area contributed by atoms with E-state index in [4.69, 9.17) is 9.72 Å². The van der Waals surface area contributed by atoms with Gasteiger partial charge in [-0.2, -0.15) is 0 Å². The first kappa shape index (κ1) is 17.7. The molecule has 0 aliphatic rings. The van der Waals surface area contributed by atoms with Crippen LogP contribution >= 0.6 is 0 Å². The van der Waals surface area contributed by atoms with Crippen molar-refractivity contribution in [2.45, 2.75) is 19.4 Å². The molecule has 2 aromatic carbocycles. The fourth-order valence-electron chi connectivity index (χ4n) is 2.96. The summed E-state index contributed by atoms with van der Waals surface area (Å²) in [5.41, 5.74) is 2.70. The Morgan fingerprint density at radius 1 is 1.27 bits per heavy atom. The summed E-state index contributed by atoms with van der Waals surface area (Å²) < 4.78 is 7.33. The van der Waals surface area contributed by atoms with Crippen LogP contribution in [0.5, 0.6) is 5.75 Å². The van der Waals surface area contributed by atoms with Gasteiger partial charge < -0.3 is 14.6 Å². The minimum Gasteiger partial charge on any atom is -0.497 e. The molecule has 0 fully saturated rings. The topological polar surface area (TPSA) is 56.2 Å². The summed E-state index contributed by atoms with van der Waals surface area (Å²) in [6.07, 6.45) is 3.49. The van der Waals surface area contributed by atoms with Crippen LogP contribution in [-0.4, -0.2) is 29.1 Å². The van der Waals surface area contributed by atoms with Crippen molar-refractivity contribution in [3.05, 3.63) is 72.6 Å². The number of allylic oxidation sites excluding steroid dienone is 1. The molecule has 0 atom stereocenters. The molecule has 134 valence electrons. The molecule has 5 nitrogen and oxygen atoms in total. The Balaban J connectivity index is 1.59. The Bertz CT molecular complexity index is 915. The summed E-state index contributed by atoms with van der Waals surface area (Å²) in [5, 5.41) is 2.95. The van der Waals surface area contributed by atoms with Crippen LogP contribution in [0.15, 0.2) is 61.2 Å². The second kappa shape index (κ2) is 8.34. The number of carbonyl (C=O) groups excluding carboxylic acids is 1. The number of ether oxygens (including phenoxy) is 1. The van der Waals surface area contributed by atoms with Gasteiger partial charge in [-0.3, -0.25) is 4.79 Å². The number of carbonyl (C=O) groups is 1. The number of aromatic nitrogens is 2. The van der Waals surface area contributed by atoms with Crippen molar-refractivity contribution in [2.75, 3.05) is 13.7 Å². The molecular formula is C21H23N3O2. The summed E-state index contributed by atoms with van der Waals surface area (Å²) in [6.45, 7) is 5.15. The van der Waals surface area contributed by atoms with Gasteiger partial charge in [-0.05, 0) is 36.8 Å². The first-order chi connectivity index (χ1) is 12.7. The van der Waals surface area contributed by atoms with Crippen LogP contribution in [0.25, 0.3) is 11.0 Å². The minimum absolute atomic E-state index is 0.0940. The quantitative estimate of drug-likeness (QED) is 0.499. The molecule has 0 radical (unpaired) electrons. The third-order valence-electron chi connectivity index (χ3n) is 4.24. The number of fused-ring (bicyclic) bond motifs is 1. The van der Waals surface area contributed by atoms with E-state index in [9.17, 15) is 4.79 Å². The summed E-state index contributed by atoms with van der Waals surface area (Å²) in [4.78, 5) is 16.9. The number of methoxy groups -OCH3 is 1. The zero-order valence-corrected chi connectivity index (χ0v) is 14.9. The monoisotopic (exact) mass is 349 g/mol. The third-order valence-corrected chi connectivity index (χ3v) is 4.24. The van der Waals surface area contributed by atoms with Crippen molar-refractivity contribution >= 4 is 16.9 Å². The Labute approximate surface area is 153 Å².